The van der Waals surface area contributed by atoms with Crippen LogP contribution in [0.4, 0.5) is 0 Å². The quantitative estimate of drug-likeness (QED) is 0.811. The molecule has 0 aliphatic carbocycles. The summed E-state index contributed by atoms with van der Waals surface area (Å²) in [6.07, 6.45) is 1.53. The highest BCUT2D eigenvalue weighted by atomic mass is 35.5. The topological polar surface area (TPSA) is 46.3 Å². The summed E-state index contributed by atoms with van der Waals surface area (Å²) in [4.78, 5) is 13.9. The van der Waals surface area contributed by atoms with Crippen molar-refractivity contribution in [3.8, 4) is 0 Å². The monoisotopic (exact) mass is 324 g/mol. The number of hydrogen-bond donors (Lipinski definition) is 0. The van der Waals surface area contributed by atoms with Gasteiger partial charge in [0, 0.05) is 23.9 Å². The molecule has 4 nitrogen and oxygen atoms in total. The highest BCUT2D eigenvalue weighted by Crippen LogP contribution is 2.22. The van der Waals surface area contributed by atoms with Crippen LogP contribution < -0.4 is 0 Å². The Morgan fingerprint density at radius 1 is 1.38 bits per heavy atom. The van der Waals surface area contributed by atoms with Gasteiger partial charge in [0.1, 0.15) is 6.26 Å². The molecule has 0 radical (unpaired) electrons. The lowest BCUT2D eigenvalue weighted by Gasteiger charge is -2.25. The Kier molecular flexibility index (Phi) is 5.70. The Morgan fingerprint density at radius 2 is 2.10 bits per heavy atom. The van der Waals surface area contributed by atoms with E-state index in [0.717, 1.165) is 11.3 Å². The van der Waals surface area contributed by atoms with Gasteiger partial charge in [-0.2, -0.15) is 0 Å². The Balaban J connectivity index is 1.84. The van der Waals surface area contributed by atoms with Crippen LogP contribution in [-0.2, 0) is 10.5 Å². The van der Waals surface area contributed by atoms with Gasteiger partial charge in [-0.1, -0.05) is 28.9 Å². The number of thioether (sulfide) groups is 1. The predicted octanol–water partition coefficient (Wildman–Crippen LogP) is 3.78. The van der Waals surface area contributed by atoms with Gasteiger partial charge in [-0.25, -0.2) is 0 Å². The summed E-state index contributed by atoms with van der Waals surface area (Å²) in [5.41, 5.74) is 1.91. The third kappa shape index (κ3) is 4.51. The molecule has 0 bridgehead atoms. The lowest BCUT2D eigenvalue weighted by Crippen LogP contribution is -2.31. The zero-order valence-electron chi connectivity index (χ0n) is 12.0. The molecule has 21 heavy (non-hydrogen) atoms. The van der Waals surface area contributed by atoms with Crippen LogP contribution in [0.2, 0.25) is 5.02 Å². The molecule has 1 aromatic carbocycles. The zero-order chi connectivity index (χ0) is 15.2. The molecule has 1 aromatic heterocycles. The molecule has 1 amide bonds. The molecule has 1 atom stereocenters. The summed E-state index contributed by atoms with van der Waals surface area (Å²) in [5, 5.41) is 4.51. The van der Waals surface area contributed by atoms with Crippen LogP contribution >= 0.6 is 23.4 Å². The van der Waals surface area contributed by atoms with Crippen molar-refractivity contribution in [2.45, 2.75) is 18.7 Å². The van der Waals surface area contributed by atoms with Gasteiger partial charge in [0.2, 0.25) is 5.91 Å². The summed E-state index contributed by atoms with van der Waals surface area (Å²) < 4.78 is 4.76. The zero-order valence-corrected chi connectivity index (χ0v) is 13.5. The van der Waals surface area contributed by atoms with Crippen LogP contribution in [-0.4, -0.2) is 28.8 Å². The summed E-state index contributed by atoms with van der Waals surface area (Å²) in [6, 6.07) is 9.38. The summed E-state index contributed by atoms with van der Waals surface area (Å²) in [6.45, 7) is 2.00. The number of benzene rings is 1. The van der Waals surface area contributed by atoms with E-state index in [1.807, 2.05) is 38.2 Å². The maximum absolute atomic E-state index is 12.2. The van der Waals surface area contributed by atoms with Gasteiger partial charge < -0.3 is 9.42 Å². The number of carbonyl (C=O) groups excluding carboxylic acids is 1. The van der Waals surface area contributed by atoms with Gasteiger partial charge >= 0.3 is 0 Å². The fraction of sp³-hybridized carbons (Fsp3) is 0.333. The summed E-state index contributed by atoms with van der Waals surface area (Å²) >= 11 is 7.41. The minimum atomic E-state index is 0.0161. The molecule has 2 rings (SSSR count). The molecular weight excluding hydrogens is 308 g/mol. The molecule has 2 aromatic rings. The van der Waals surface area contributed by atoms with Crippen molar-refractivity contribution in [1.82, 2.24) is 10.1 Å². The summed E-state index contributed by atoms with van der Waals surface area (Å²) in [5.74, 6) is 1.18. The van der Waals surface area contributed by atoms with Crippen molar-refractivity contribution in [3.05, 3.63) is 52.9 Å². The molecule has 0 saturated carbocycles. The molecule has 0 N–H and O–H groups in total. The number of aromatic nitrogens is 1. The van der Waals surface area contributed by atoms with Crippen LogP contribution in [0.3, 0.4) is 0 Å². The van der Waals surface area contributed by atoms with E-state index in [1.165, 1.54) is 18.0 Å². The largest absolute Gasteiger partial charge is 0.364 e. The van der Waals surface area contributed by atoms with E-state index in [4.69, 9.17) is 16.1 Å². The normalized spacial score (nSPS) is 12.1. The SMILES string of the molecule is CC(c1ccc(Cl)cc1)N(C)C(=O)CSCc1ccon1. The first kappa shape index (κ1) is 15.9. The van der Waals surface area contributed by atoms with Gasteiger partial charge in [0.25, 0.3) is 0 Å². The second kappa shape index (κ2) is 7.52. The van der Waals surface area contributed by atoms with Gasteiger partial charge in [0.15, 0.2) is 0 Å². The summed E-state index contributed by atoms with van der Waals surface area (Å²) in [7, 11) is 1.82. The standard InChI is InChI=1S/C15H17ClN2O2S/c1-11(12-3-5-13(16)6-4-12)18(2)15(19)10-21-9-14-7-8-20-17-14/h3-8,11H,9-10H2,1-2H3. The lowest BCUT2D eigenvalue weighted by molar-refractivity contribution is -0.128. The highest BCUT2D eigenvalue weighted by molar-refractivity contribution is 7.99. The van der Waals surface area contributed by atoms with Crippen molar-refractivity contribution in [1.29, 1.82) is 0 Å². The van der Waals surface area contributed by atoms with Crippen LogP contribution in [0.25, 0.3) is 0 Å². The van der Waals surface area contributed by atoms with Gasteiger partial charge in [-0.15, -0.1) is 11.8 Å². The Hall–Kier alpha value is -1.46. The smallest absolute Gasteiger partial charge is 0.232 e. The second-order valence-corrected chi connectivity index (χ2v) is 6.14. The molecule has 1 unspecified atom stereocenters. The molecule has 1 heterocycles. The van der Waals surface area contributed by atoms with Crippen LogP contribution in [0.15, 0.2) is 41.1 Å². The van der Waals surface area contributed by atoms with E-state index in [-0.39, 0.29) is 11.9 Å². The van der Waals surface area contributed by atoms with E-state index in [9.17, 15) is 4.79 Å². The minimum absolute atomic E-state index is 0.0161. The van der Waals surface area contributed by atoms with Gasteiger partial charge in [0.05, 0.1) is 17.5 Å². The van der Waals surface area contributed by atoms with Crippen molar-refractivity contribution in [2.24, 2.45) is 0 Å². The van der Waals surface area contributed by atoms with E-state index >= 15 is 0 Å². The van der Waals surface area contributed by atoms with Crippen molar-refractivity contribution in [3.63, 3.8) is 0 Å². The van der Waals surface area contributed by atoms with E-state index in [1.54, 1.807) is 11.0 Å². The van der Waals surface area contributed by atoms with Crippen molar-refractivity contribution in [2.75, 3.05) is 12.8 Å². The molecule has 0 aliphatic rings. The fourth-order valence-electron chi connectivity index (χ4n) is 1.84. The van der Waals surface area contributed by atoms with Crippen molar-refractivity contribution >= 4 is 29.3 Å². The first-order chi connectivity index (χ1) is 10.1. The number of nitrogens with zero attached hydrogens (tertiary/aromatic N) is 2. The molecule has 0 spiro atoms. The van der Waals surface area contributed by atoms with E-state index in [2.05, 4.69) is 5.16 Å². The van der Waals surface area contributed by atoms with E-state index < -0.39 is 0 Å². The maximum atomic E-state index is 12.2. The average Bonchev–Trinajstić information content (AvgIpc) is 2.99. The van der Waals surface area contributed by atoms with Crippen LogP contribution in [0, 0.1) is 0 Å². The minimum Gasteiger partial charge on any atom is -0.364 e. The predicted molar refractivity (Wildman–Crippen MR) is 85.3 cm³/mol. The fourth-order valence-corrected chi connectivity index (χ4v) is 2.80. The molecule has 6 heteroatoms. The number of hydrogen-bond acceptors (Lipinski definition) is 4. The second-order valence-electron chi connectivity index (χ2n) is 4.72. The third-order valence-corrected chi connectivity index (χ3v) is 4.50. The Morgan fingerprint density at radius 3 is 2.71 bits per heavy atom. The van der Waals surface area contributed by atoms with E-state index in [0.29, 0.717) is 16.5 Å². The molecule has 0 fully saturated rings. The van der Waals surface area contributed by atoms with Crippen LogP contribution in [0.1, 0.15) is 24.2 Å². The molecule has 0 saturated heterocycles. The maximum Gasteiger partial charge on any atom is 0.232 e. The first-order valence-corrected chi connectivity index (χ1v) is 8.09. The molecule has 112 valence electrons. The number of halogens is 1. The number of rotatable bonds is 6. The van der Waals surface area contributed by atoms with Gasteiger partial charge in [-0.3, -0.25) is 4.79 Å². The third-order valence-electron chi connectivity index (χ3n) is 3.29. The average molecular weight is 325 g/mol. The number of amides is 1. The first-order valence-electron chi connectivity index (χ1n) is 6.56. The number of carbonyl (C=O) groups is 1. The van der Waals surface area contributed by atoms with Crippen molar-refractivity contribution < 1.29 is 9.32 Å². The Labute approximate surface area is 133 Å². The van der Waals surface area contributed by atoms with Crippen LogP contribution in [0.5, 0.6) is 0 Å². The Bertz CT molecular complexity index is 572. The van der Waals surface area contributed by atoms with Gasteiger partial charge in [-0.05, 0) is 24.6 Å². The molecular formula is C15H17ClN2O2S. The lowest BCUT2D eigenvalue weighted by atomic mass is 10.1. The molecule has 0 aliphatic heterocycles. The highest BCUT2D eigenvalue weighted by Gasteiger charge is 2.17.